The van der Waals surface area contributed by atoms with Gasteiger partial charge in [-0.25, -0.2) is 0 Å². The number of carbonyl (C=O) groups is 2. The van der Waals surface area contributed by atoms with E-state index in [2.05, 4.69) is 10.6 Å². The Labute approximate surface area is 175 Å². The molecule has 1 atom stereocenters. The van der Waals surface area contributed by atoms with Crippen LogP contribution >= 0.6 is 11.3 Å². The molecule has 1 aromatic heterocycles. The first-order chi connectivity index (χ1) is 13.9. The number of nitrogens with zero attached hydrogens (tertiary/aromatic N) is 1. The van der Waals surface area contributed by atoms with Crippen LogP contribution in [0.15, 0.2) is 66.0 Å². The number of hydrogen-bond acceptors (Lipinski definition) is 4. The molecule has 150 valence electrons. The molecule has 2 N–H and O–H groups in total. The average molecular weight is 408 g/mol. The molecule has 1 heterocycles. The second-order valence-electron chi connectivity index (χ2n) is 7.04. The summed E-state index contributed by atoms with van der Waals surface area (Å²) in [4.78, 5) is 28.2. The number of hydrogen-bond donors (Lipinski definition) is 2. The lowest BCUT2D eigenvalue weighted by Gasteiger charge is -2.20. The van der Waals surface area contributed by atoms with Crippen LogP contribution in [0.2, 0.25) is 0 Å². The van der Waals surface area contributed by atoms with Gasteiger partial charge < -0.3 is 15.5 Å². The van der Waals surface area contributed by atoms with Crippen molar-refractivity contribution < 1.29 is 9.59 Å². The molecule has 5 nitrogen and oxygen atoms in total. The van der Waals surface area contributed by atoms with E-state index in [1.807, 2.05) is 85.9 Å². The topological polar surface area (TPSA) is 61.4 Å². The first-order valence-electron chi connectivity index (χ1n) is 9.43. The minimum atomic E-state index is -0.181. The minimum Gasteiger partial charge on any atom is -0.377 e. The van der Waals surface area contributed by atoms with Crippen LogP contribution in [-0.2, 0) is 11.2 Å². The molecule has 2 aromatic carbocycles. The summed E-state index contributed by atoms with van der Waals surface area (Å²) in [6.45, 7) is 1.95. The monoisotopic (exact) mass is 407 g/mol. The van der Waals surface area contributed by atoms with Crippen molar-refractivity contribution in [3.05, 3.63) is 82.0 Å². The average Bonchev–Trinajstić information content (AvgIpc) is 3.21. The lowest BCUT2D eigenvalue weighted by atomic mass is 10.1. The van der Waals surface area contributed by atoms with Crippen molar-refractivity contribution in [2.45, 2.75) is 19.4 Å². The first kappa shape index (κ1) is 20.6. The Hall–Kier alpha value is -3.12. The van der Waals surface area contributed by atoms with Gasteiger partial charge in [-0.2, -0.15) is 0 Å². The number of anilines is 2. The minimum absolute atomic E-state index is 0.103. The van der Waals surface area contributed by atoms with E-state index >= 15 is 0 Å². The first-order valence-corrected chi connectivity index (χ1v) is 10.3. The lowest BCUT2D eigenvalue weighted by Crippen LogP contribution is -2.28. The Balaban J connectivity index is 1.77. The molecule has 0 radical (unpaired) electrons. The standard InChI is InChI=1S/C23H25N3O2S/c1-16(17-8-5-4-6-9-17)24-23(28)20-14-18(11-12-21(20)26(2)3)25-22(27)15-19-10-7-13-29-19/h4-14,16H,15H2,1-3H3,(H,24,28)(H,25,27)/t16-/m0/s1. The van der Waals surface area contributed by atoms with E-state index < -0.39 is 0 Å². The van der Waals surface area contributed by atoms with Gasteiger partial charge in [-0.05, 0) is 42.1 Å². The predicted octanol–water partition coefficient (Wildman–Crippen LogP) is 4.49. The highest BCUT2D eigenvalue weighted by Crippen LogP contribution is 2.24. The molecule has 0 aliphatic heterocycles. The van der Waals surface area contributed by atoms with Crippen LogP contribution in [0.5, 0.6) is 0 Å². The summed E-state index contributed by atoms with van der Waals surface area (Å²) >= 11 is 1.55. The number of nitrogens with one attached hydrogen (secondary N) is 2. The third-order valence-electron chi connectivity index (χ3n) is 4.57. The second kappa shape index (κ2) is 9.39. The number of amides is 2. The fourth-order valence-corrected chi connectivity index (χ4v) is 3.77. The molecule has 3 aromatic rings. The molecule has 29 heavy (non-hydrogen) atoms. The highest BCUT2D eigenvalue weighted by atomic mass is 32.1. The van der Waals surface area contributed by atoms with Gasteiger partial charge in [0.1, 0.15) is 0 Å². The highest BCUT2D eigenvalue weighted by molar-refractivity contribution is 7.10. The van der Waals surface area contributed by atoms with Gasteiger partial charge in [0.15, 0.2) is 0 Å². The van der Waals surface area contributed by atoms with Crippen LogP contribution in [0, 0.1) is 0 Å². The van der Waals surface area contributed by atoms with E-state index in [4.69, 9.17) is 0 Å². The molecule has 0 spiro atoms. The third kappa shape index (κ3) is 5.45. The van der Waals surface area contributed by atoms with E-state index in [0.717, 1.165) is 16.1 Å². The lowest BCUT2D eigenvalue weighted by molar-refractivity contribution is -0.115. The van der Waals surface area contributed by atoms with Gasteiger partial charge in [-0.1, -0.05) is 36.4 Å². The smallest absolute Gasteiger partial charge is 0.253 e. The van der Waals surface area contributed by atoms with E-state index in [1.54, 1.807) is 17.4 Å². The maximum Gasteiger partial charge on any atom is 0.253 e. The molecular weight excluding hydrogens is 382 g/mol. The normalized spacial score (nSPS) is 11.6. The summed E-state index contributed by atoms with van der Waals surface area (Å²) in [6.07, 6.45) is 0.319. The largest absolute Gasteiger partial charge is 0.377 e. The fraction of sp³-hybridized carbons (Fsp3) is 0.217. The number of thiophene rings is 1. The Morgan fingerprint density at radius 2 is 1.79 bits per heavy atom. The molecule has 0 aliphatic rings. The van der Waals surface area contributed by atoms with Gasteiger partial charge in [-0.15, -0.1) is 11.3 Å². The molecule has 6 heteroatoms. The predicted molar refractivity (Wildman–Crippen MR) is 120 cm³/mol. The van der Waals surface area contributed by atoms with Crippen molar-refractivity contribution in [3.8, 4) is 0 Å². The van der Waals surface area contributed by atoms with Crippen molar-refractivity contribution in [1.29, 1.82) is 0 Å². The maximum absolute atomic E-state index is 13.0. The highest BCUT2D eigenvalue weighted by Gasteiger charge is 2.17. The zero-order chi connectivity index (χ0) is 20.8. The van der Waals surface area contributed by atoms with E-state index in [-0.39, 0.29) is 17.9 Å². The molecule has 3 rings (SSSR count). The molecule has 0 fully saturated rings. The van der Waals surface area contributed by atoms with Crippen molar-refractivity contribution >= 4 is 34.5 Å². The zero-order valence-corrected chi connectivity index (χ0v) is 17.6. The summed E-state index contributed by atoms with van der Waals surface area (Å²) < 4.78 is 0. The van der Waals surface area contributed by atoms with Crippen molar-refractivity contribution in [3.63, 3.8) is 0 Å². The van der Waals surface area contributed by atoms with Gasteiger partial charge in [0.25, 0.3) is 5.91 Å². The zero-order valence-electron chi connectivity index (χ0n) is 16.8. The van der Waals surface area contributed by atoms with Gasteiger partial charge in [0.2, 0.25) is 5.91 Å². The molecule has 0 saturated carbocycles. The van der Waals surface area contributed by atoms with Gasteiger partial charge >= 0.3 is 0 Å². The van der Waals surface area contributed by atoms with Gasteiger partial charge in [0, 0.05) is 30.3 Å². The van der Waals surface area contributed by atoms with Crippen molar-refractivity contribution in [1.82, 2.24) is 5.32 Å². The van der Waals surface area contributed by atoms with E-state index in [9.17, 15) is 9.59 Å². The SMILES string of the molecule is C[C@H](NC(=O)c1cc(NC(=O)Cc2cccs2)ccc1N(C)C)c1ccccc1. The third-order valence-corrected chi connectivity index (χ3v) is 5.45. The van der Waals surface area contributed by atoms with Crippen LogP contribution in [0.3, 0.4) is 0 Å². The van der Waals surface area contributed by atoms with Crippen LogP contribution in [-0.4, -0.2) is 25.9 Å². The quantitative estimate of drug-likeness (QED) is 0.607. The van der Waals surface area contributed by atoms with Crippen molar-refractivity contribution in [2.75, 3.05) is 24.3 Å². The molecule has 0 unspecified atom stereocenters. The fourth-order valence-electron chi connectivity index (χ4n) is 3.06. The van der Waals surface area contributed by atoms with E-state index in [1.165, 1.54) is 0 Å². The molecule has 0 bridgehead atoms. The van der Waals surface area contributed by atoms with Crippen LogP contribution in [0.4, 0.5) is 11.4 Å². The molecule has 0 aliphatic carbocycles. The van der Waals surface area contributed by atoms with Crippen molar-refractivity contribution in [2.24, 2.45) is 0 Å². The maximum atomic E-state index is 13.0. The summed E-state index contributed by atoms with van der Waals surface area (Å²) in [5, 5.41) is 7.89. The summed E-state index contributed by atoms with van der Waals surface area (Å²) in [5.41, 5.74) is 2.95. The number of rotatable bonds is 7. The number of benzene rings is 2. The summed E-state index contributed by atoms with van der Waals surface area (Å²) in [6, 6.07) is 19.0. The number of carbonyl (C=O) groups excluding carboxylic acids is 2. The summed E-state index contributed by atoms with van der Waals surface area (Å²) in [7, 11) is 3.78. The van der Waals surface area contributed by atoms with Crippen LogP contribution in [0.25, 0.3) is 0 Å². The Bertz CT molecular complexity index is 969. The second-order valence-corrected chi connectivity index (χ2v) is 8.07. The Morgan fingerprint density at radius 1 is 1.03 bits per heavy atom. The molecular formula is C23H25N3O2S. The summed E-state index contributed by atoms with van der Waals surface area (Å²) in [5.74, 6) is -0.284. The van der Waals surface area contributed by atoms with Crippen LogP contribution < -0.4 is 15.5 Å². The van der Waals surface area contributed by atoms with Gasteiger partial charge in [0.05, 0.1) is 18.0 Å². The van der Waals surface area contributed by atoms with E-state index in [0.29, 0.717) is 17.7 Å². The Kier molecular flexibility index (Phi) is 6.67. The molecule has 2 amide bonds. The molecule has 0 saturated heterocycles. The Morgan fingerprint density at radius 3 is 2.45 bits per heavy atom. The van der Waals surface area contributed by atoms with Crippen LogP contribution in [0.1, 0.15) is 33.8 Å². The van der Waals surface area contributed by atoms with Gasteiger partial charge in [-0.3, -0.25) is 9.59 Å².